The van der Waals surface area contributed by atoms with Gasteiger partial charge in [-0.3, -0.25) is 14.5 Å². The van der Waals surface area contributed by atoms with Gasteiger partial charge in [0.1, 0.15) is 12.7 Å². The Hall–Kier alpha value is -2.40. The minimum atomic E-state index is -0.637. The number of halogens is 1. The SMILES string of the molecule is C=C/C(=C\CCN(CCO)C(=O)CO)N1C[C@H](CNC(=O)c2ccc(Cl)s2)OC1=O. The van der Waals surface area contributed by atoms with Crippen LogP contribution >= 0.6 is 22.9 Å². The minimum absolute atomic E-state index is 0.111. The lowest BCUT2D eigenvalue weighted by molar-refractivity contribution is -0.134. The first kappa shape index (κ1) is 23.9. The molecule has 0 saturated carbocycles. The van der Waals surface area contributed by atoms with Gasteiger partial charge in [-0.15, -0.1) is 11.3 Å². The molecule has 0 radical (unpaired) electrons. The molecule has 11 heteroatoms. The summed E-state index contributed by atoms with van der Waals surface area (Å²) in [5.74, 6) is -0.778. The Morgan fingerprint density at radius 1 is 1.40 bits per heavy atom. The number of cyclic esters (lactones) is 1. The van der Waals surface area contributed by atoms with Crippen LogP contribution in [0.3, 0.4) is 0 Å². The van der Waals surface area contributed by atoms with E-state index < -0.39 is 24.7 Å². The van der Waals surface area contributed by atoms with Crippen molar-refractivity contribution in [2.24, 2.45) is 0 Å². The number of carbonyl (C=O) groups excluding carboxylic acids is 3. The molecule has 1 aliphatic heterocycles. The van der Waals surface area contributed by atoms with Gasteiger partial charge < -0.3 is 25.2 Å². The average Bonchev–Trinajstić information content (AvgIpc) is 3.33. The Morgan fingerprint density at radius 2 is 2.17 bits per heavy atom. The van der Waals surface area contributed by atoms with Crippen LogP contribution in [0, 0.1) is 0 Å². The normalized spacial score (nSPS) is 16.4. The van der Waals surface area contributed by atoms with E-state index in [1.165, 1.54) is 15.9 Å². The predicted octanol–water partition coefficient (Wildman–Crippen LogP) is 1.23. The summed E-state index contributed by atoms with van der Waals surface area (Å²) in [6.07, 6.45) is 2.52. The maximum Gasteiger partial charge on any atom is 0.414 e. The zero-order chi connectivity index (χ0) is 22.1. The Bertz CT molecular complexity index is 812. The van der Waals surface area contributed by atoms with Gasteiger partial charge >= 0.3 is 6.09 Å². The van der Waals surface area contributed by atoms with Crippen LogP contribution in [0.15, 0.2) is 36.6 Å². The number of aliphatic hydroxyl groups excluding tert-OH is 2. The topological polar surface area (TPSA) is 119 Å². The summed E-state index contributed by atoms with van der Waals surface area (Å²) in [4.78, 5) is 39.1. The molecular weight excluding hydrogens is 434 g/mol. The molecule has 3 N–H and O–H groups in total. The lowest BCUT2D eigenvalue weighted by Gasteiger charge is -2.20. The Labute approximate surface area is 183 Å². The van der Waals surface area contributed by atoms with Gasteiger partial charge in [0.15, 0.2) is 0 Å². The van der Waals surface area contributed by atoms with E-state index in [1.54, 1.807) is 18.2 Å². The molecule has 0 aromatic carbocycles. The molecule has 0 bridgehead atoms. The first-order valence-electron chi connectivity index (χ1n) is 9.23. The predicted molar refractivity (Wildman–Crippen MR) is 112 cm³/mol. The summed E-state index contributed by atoms with van der Waals surface area (Å²) < 4.78 is 5.81. The van der Waals surface area contributed by atoms with E-state index >= 15 is 0 Å². The molecule has 0 aliphatic carbocycles. The fourth-order valence-corrected chi connectivity index (χ4v) is 3.78. The molecule has 1 aromatic rings. The smallest absolute Gasteiger partial charge is 0.414 e. The summed E-state index contributed by atoms with van der Waals surface area (Å²) in [5, 5.41) is 20.7. The van der Waals surface area contributed by atoms with Crippen molar-refractivity contribution in [2.75, 3.05) is 39.4 Å². The van der Waals surface area contributed by atoms with E-state index in [0.717, 1.165) is 11.3 Å². The van der Waals surface area contributed by atoms with E-state index in [1.807, 2.05) is 0 Å². The molecule has 1 saturated heterocycles. The van der Waals surface area contributed by atoms with Crippen LogP contribution < -0.4 is 5.32 Å². The molecule has 1 aliphatic rings. The van der Waals surface area contributed by atoms with Crippen molar-refractivity contribution in [1.82, 2.24) is 15.1 Å². The third-order valence-corrected chi connectivity index (χ3v) is 5.52. The summed E-state index contributed by atoms with van der Waals surface area (Å²) in [5.41, 5.74) is 0.513. The molecular formula is C19H24ClN3O6S. The summed E-state index contributed by atoms with van der Waals surface area (Å²) in [6.45, 7) is 3.62. The summed E-state index contributed by atoms with van der Waals surface area (Å²) in [6, 6.07) is 3.25. The number of rotatable bonds is 11. The minimum Gasteiger partial charge on any atom is -0.442 e. The van der Waals surface area contributed by atoms with E-state index in [0.29, 0.717) is 21.3 Å². The number of allylic oxidation sites excluding steroid dienone is 1. The number of amides is 3. The first-order valence-corrected chi connectivity index (χ1v) is 10.4. The Morgan fingerprint density at radius 3 is 2.77 bits per heavy atom. The average molecular weight is 458 g/mol. The van der Waals surface area contributed by atoms with Crippen LogP contribution in [0.4, 0.5) is 4.79 Å². The van der Waals surface area contributed by atoms with Gasteiger partial charge in [-0.1, -0.05) is 24.3 Å². The molecule has 1 fully saturated rings. The van der Waals surface area contributed by atoms with Crippen molar-refractivity contribution in [2.45, 2.75) is 12.5 Å². The quantitative estimate of drug-likeness (QED) is 0.430. The zero-order valence-corrected chi connectivity index (χ0v) is 17.8. The van der Waals surface area contributed by atoms with Crippen LogP contribution in [-0.4, -0.2) is 83.4 Å². The van der Waals surface area contributed by atoms with Crippen LogP contribution in [0.2, 0.25) is 4.34 Å². The monoisotopic (exact) mass is 457 g/mol. The highest BCUT2D eigenvalue weighted by atomic mass is 35.5. The second kappa shape index (κ2) is 11.7. The van der Waals surface area contributed by atoms with Gasteiger partial charge in [0.2, 0.25) is 5.91 Å². The Balaban J connectivity index is 1.89. The lowest BCUT2D eigenvalue weighted by Crippen LogP contribution is -2.36. The van der Waals surface area contributed by atoms with Gasteiger partial charge in [0, 0.05) is 18.8 Å². The largest absolute Gasteiger partial charge is 0.442 e. The number of carbonyl (C=O) groups is 3. The highest BCUT2D eigenvalue weighted by Crippen LogP contribution is 2.22. The second-order valence-corrected chi connectivity index (χ2v) is 8.03. The van der Waals surface area contributed by atoms with Gasteiger partial charge in [-0.2, -0.15) is 0 Å². The number of hydrogen-bond acceptors (Lipinski definition) is 7. The summed E-state index contributed by atoms with van der Waals surface area (Å²) >= 11 is 6.99. The fourth-order valence-electron chi connectivity index (χ4n) is 2.82. The first-order chi connectivity index (χ1) is 14.4. The van der Waals surface area contributed by atoms with Crippen LogP contribution in [0.1, 0.15) is 16.1 Å². The Kier molecular flexibility index (Phi) is 9.31. The molecule has 2 rings (SSSR count). The number of aliphatic hydroxyl groups is 2. The molecule has 164 valence electrons. The lowest BCUT2D eigenvalue weighted by atomic mass is 10.2. The van der Waals surface area contributed by atoms with Gasteiger partial charge in [-0.25, -0.2) is 4.79 Å². The van der Waals surface area contributed by atoms with Crippen molar-refractivity contribution in [3.63, 3.8) is 0 Å². The van der Waals surface area contributed by atoms with Crippen molar-refractivity contribution < 1.29 is 29.3 Å². The standard InChI is InChI=1S/C19H24ClN3O6S/c1-2-13(4-3-7-22(8-9-24)17(26)12-25)23-11-14(29-19(23)28)10-21-18(27)15-5-6-16(20)30-15/h2,4-6,14,24-25H,1,3,7-12H2,(H,21,27)/b13-4+/t14-/m0/s1. The molecule has 0 spiro atoms. The molecule has 2 heterocycles. The van der Waals surface area contributed by atoms with Gasteiger partial charge in [-0.05, 0) is 24.6 Å². The number of hydrogen-bond donors (Lipinski definition) is 3. The van der Waals surface area contributed by atoms with Gasteiger partial charge in [0.25, 0.3) is 5.91 Å². The molecule has 9 nitrogen and oxygen atoms in total. The number of thiophene rings is 1. The third-order valence-electron chi connectivity index (χ3n) is 4.29. The molecule has 1 atom stereocenters. The van der Waals surface area contributed by atoms with Crippen molar-refractivity contribution in [1.29, 1.82) is 0 Å². The van der Waals surface area contributed by atoms with E-state index in [-0.39, 0.29) is 38.7 Å². The van der Waals surface area contributed by atoms with Crippen LogP contribution in [-0.2, 0) is 9.53 Å². The van der Waals surface area contributed by atoms with E-state index in [4.69, 9.17) is 26.6 Å². The zero-order valence-electron chi connectivity index (χ0n) is 16.3. The third kappa shape index (κ3) is 6.56. The maximum absolute atomic E-state index is 12.2. The highest BCUT2D eigenvalue weighted by Gasteiger charge is 2.33. The van der Waals surface area contributed by atoms with E-state index in [9.17, 15) is 14.4 Å². The van der Waals surface area contributed by atoms with Crippen LogP contribution in [0.25, 0.3) is 0 Å². The molecule has 3 amide bonds. The maximum atomic E-state index is 12.2. The molecule has 0 unspecified atom stereocenters. The highest BCUT2D eigenvalue weighted by molar-refractivity contribution is 7.17. The number of nitrogens with one attached hydrogen (secondary N) is 1. The summed E-state index contributed by atoms with van der Waals surface area (Å²) in [7, 11) is 0. The number of ether oxygens (including phenoxy) is 1. The van der Waals surface area contributed by atoms with E-state index in [2.05, 4.69) is 11.9 Å². The van der Waals surface area contributed by atoms with Crippen molar-refractivity contribution in [3.8, 4) is 0 Å². The van der Waals surface area contributed by atoms with Crippen molar-refractivity contribution in [3.05, 3.63) is 45.8 Å². The van der Waals surface area contributed by atoms with Crippen LogP contribution in [0.5, 0.6) is 0 Å². The fraction of sp³-hybridized carbons (Fsp3) is 0.421. The molecule has 1 aromatic heterocycles. The molecule has 30 heavy (non-hydrogen) atoms. The number of nitrogens with zero attached hydrogens (tertiary/aromatic N) is 2. The van der Waals surface area contributed by atoms with Gasteiger partial charge in [0.05, 0.1) is 28.9 Å². The van der Waals surface area contributed by atoms with Crippen molar-refractivity contribution >= 4 is 40.8 Å². The second-order valence-electron chi connectivity index (χ2n) is 6.31.